The Labute approximate surface area is 182 Å². The van der Waals surface area contributed by atoms with Crippen molar-refractivity contribution in [1.29, 1.82) is 0 Å². The number of halogens is 1. The molecule has 2 saturated heterocycles. The number of hydrogen-bond donors (Lipinski definition) is 0. The molecule has 0 aromatic heterocycles. The molecule has 0 N–H and O–H groups in total. The van der Waals surface area contributed by atoms with E-state index in [0.29, 0.717) is 19.6 Å². The summed E-state index contributed by atoms with van der Waals surface area (Å²) in [5, 5.41) is 0. The van der Waals surface area contributed by atoms with Gasteiger partial charge in [0.25, 0.3) is 0 Å². The van der Waals surface area contributed by atoms with Gasteiger partial charge in [-0.05, 0) is 66.4 Å². The molecule has 29 heavy (non-hydrogen) atoms. The van der Waals surface area contributed by atoms with Crippen molar-refractivity contribution in [3.05, 3.63) is 40.4 Å². The van der Waals surface area contributed by atoms with Gasteiger partial charge < -0.3 is 19.3 Å². The van der Waals surface area contributed by atoms with Crippen molar-refractivity contribution in [1.82, 2.24) is 9.80 Å². The number of ether oxygens (including phenoxy) is 2. The standard InChI is InChI=1S/C23H31BrN2O3/c1-17-12-19-16-29-22(27)23(19,14-17)15-18-4-5-21(20(24)13-18)28-11-3-6-26-9-7-25(2)8-10-26/h4-5,13,19H,1,3,6-12,14-16H2,2H3. The second-order valence-electron chi connectivity index (χ2n) is 8.87. The topological polar surface area (TPSA) is 42.0 Å². The Morgan fingerprint density at radius 3 is 2.86 bits per heavy atom. The van der Waals surface area contributed by atoms with Gasteiger partial charge in [-0.3, -0.25) is 4.79 Å². The molecule has 3 aliphatic rings. The minimum absolute atomic E-state index is 0.0542. The van der Waals surface area contributed by atoms with Gasteiger partial charge in [0.1, 0.15) is 5.75 Å². The third-order valence-corrected chi connectivity index (χ3v) is 7.31. The van der Waals surface area contributed by atoms with E-state index in [0.717, 1.165) is 67.8 Å². The molecule has 1 aromatic rings. The van der Waals surface area contributed by atoms with Crippen molar-refractivity contribution in [2.24, 2.45) is 11.3 Å². The van der Waals surface area contributed by atoms with E-state index in [-0.39, 0.29) is 11.9 Å². The van der Waals surface area contributed by atoms with Crippen molar-refractivity contribution in [3.8, 4) is 5.75 Å². The van der Waals surface area contributed by atoms with E-state index in [1.165, 1.54) is 5.57 Å². The maximum atomic E-state index is 12.5. The highest BCUT2D eigenvalue weighted by Crippen LogP contribution is 2.52. The lowest BCUT2D eigenvalue weighted by molar-refractivity contribution is -0.146. The fourth-order valence-corrected chi connectivity index (χ4v) is 5.48. The van der Waals surface area contributed by atoms with Crippen molar-refractivity contribution in [3.63, 3.8) is 0 Å². The number of likely N-dealkylation sites (N-methyl/N-ethyl adjacent to an activating group) is 1. The zero-order valence-corrected chi connectivity index (χ0v) is 18.9. The number of benzene rings is 1. The van der Waals surface area contributed by atoms with Crippen molar-refractivity contribution in [2.45, 2.75) is 25.7 Å². The lowest BCUT2D eigenvalue weighted by atomic mass is 9.75. The van der Waals surface area contributed by atoms with Gasteiger partial charge in [0.2, 0.25) is 0 Å². The van der Waals surface area contributed by atoms with Crippen LogP contribution in [0.2, 0.25) is 0 Å². The van der Waals surface area contributed by atoms with Crippen LogP contribution in [0.25, 0.3) is 0 Å². The molecule has 2 atom stereocenters. The lowest BCUT2D eigenvalue weighted by Crippen LogP contribution is -2.44. The minimum Gasteiger partial charge on any atom is -0.492 e. The van der Waals surface area contributed by atoms with Crippen LogP contribution in [0.4, 0.5) is 0 Å². The molecule has 3 fully saturated rings. The van der Waals surface area contributed by atoms with Crippen LogP contribution in [0.15, 0.2) is 34.8 Å². The molecule has 1 aromatic carbocycles. The van der Waals surface area contributed by atoms with Gasteiger partial charge in [-0.1, -0.05) is 18.2 Å². The predicted octanol–water partition coefficient (Wildman–Crippen LogP) is 3.52. The molecule has 158 valence electrons. The van der Waals surface area contributed by atoms with Gasteiger partial charge >= 0.3 is 5.97 Å². The number of cyclic esters (lactones) is 1. The molecular weight excluding hydrogens is 432 g/mol. The average Bonchev–Trinajstić information content (AvgIpc) is 3.16. The van der Waals surface area contributed by atoms with Gasteiger partial charge in [0.05, 0.1) is 23.1 Å². The molecule has 2 aliphatic heterocycles. The number of allylic oxidation sites excluding steroid dienone is 1. The summed E-state index contributed by atoms with van der Waals surface area (Å²) in [5.41, 5.74) is 1.90. The van der Waals surface area contributed by atoms with Crippen LogP contribution in [-0.2, 0) is 16.0 Å². The maximum absolute atomic E-state index is 12.5. The van der Waals surface area contributed by atoms with Gasteiger partial charge in [-0.2, -0.15) is 0 Å². The molecule has 1 saturated carbocycles. The minimum atomic E-state index is -0.415. The number of nitrogens with zero attached hydrogens (tertiary/aromatic N) is 2. The number of carbonyl (C=O) groups is 1. The van der Waals surface area contributed by atoms with Crippen LogP contribution in [0.5, 0.6) is 5.75 Å². The summed E-state index contributed by atoms with van der Waals surface area (Å²) >= 11 is 3.65. The first-order valence-electron chi connectivity index (χ1n) is 10.6. The van der Waals surface area contributed by atoms with Crippen LogP contribution >= 0.6 is 15.9 Å². The van der Waals surface area contributed by atoms with E-state index in [2.05, 4.69) is 51.5 Å². The van der Waals surface area contributed by atoms with E-state index < -0.39 is 5.41 Å². The molecule has 2 unspecified atom stereocenters. The van der Waals surface area contributed by atoms with Crippen LogP contribution in [0, 0.1) is 11.3 Å². The first kappa shape index (κ1) is 20.9. The van der Waals surface area contributed by atoms with E-state index in [4.69, 9.17) is 9.47 Å². The maximum Gasteiger partial charge on any atom is 0.313 e. The summed E-state index contributed by atoms with van der Waals surface area (Å²) < 4.78 is 12.4. The molecule has 2 heterocycles. The first-order valence-corrected chi connectivity index (χ1v) is 11.4. The zero-order chi connectivity index (χ0) is 20.4. The molecule has 0 radical (unpaired) electrons. The molecule has 5 nitrogen and oxygen atoms in total. The van der Waals surface area contributed by atoms with E-state index in [1.54, 1.807) is 0 Å². The highest BCUT2D eigenvalue weighted by Gasteiger charge is 2.55. The third-order valence-electron chi connectivity index (χ3n) is 6.69. The van der Waals surface area contributed by atoms with E-state index in [1.807, 2.05) is 6.07 Å². The van der Waals surface area contributed by atoms with Crippen LogP contribution in [0.1, 0.15) is 24.8 Å². The smallest absolute Gasteiger partial charge is 0.313 e. The molecule has 6 heteroatoms. The van der Waals surface area contributed by atoms with Gasteiger partial charge in [0, 0.05) is 38.6 Å². The summed E-state index contributed by atoms with van der Waals surface area (Å²) in [4.78, 5) is 17.4. The van der Waals surface area contributed by atoms with E-state index in [9.17, 15) is 4.79 Å². The quantitative estimate of drug-likeness (QED) is 0.352. The second-order valence-corrected chi connectivity index (χ2v) is 9.73. The highest BCUT2D eigenvalue weighted by molar-refractivity contribution is 9.10. The van der Waals surface area contributed by atoms with Crippen LogP contribution in [0.3, 0.4) is 0 Å². The summed E-state index contributed by atoms with van der Waals surface area (Å²) in [6.45, 7) is 11.0. The van der Waals surface area contributed by atoms with Crippen molar-refractivity contribution < 1.29 is 14.3 Å². The Kier molecular flexibility index (Phi) is 6.32. The van der Waals surface area contributed by atoms with E-state index >= 15 is 0 Å². The molecule has 0 spiro atoms. The van der Waals surface area contributed by atoms with Crippen molar-refractivity contribution in [2.75, 3.05) is 53.0 Å². The Balaban J connectivity index is 1.30. The summed E-state index contributed by atoms with van der Waals surface area (Å²) in [6, 6.07) is 6.19. The summed E-state index contributed by atoms with van der Waals surface area (Å²) in [6.07, 6.45) is 3.38. The summed E-state index contributed by atoms with van der Waals surface area (Å²) in [7, 11) is 2.18. The number of carbonyl (C=O) groups excluding carboxylic acids is 1. The number of piperazine rings is 1. The predicted molar refractivity (Wildman–Crippen MR) is 117 cm³/mol. The normalized spacial score (nSPS) is 27.9. The fourth-order valence-electron chi connectivity index (χ4n) is 4.94. The van der Waals surface area contributed by atoms with Crippen molar-refractivity contribution >= 4 is 21.9 Å². The molecule has 4 rings (SSSR count). The Bertz CT molecular complexity index is 775. The van der Waals surface area contributed by atoms with Gasteiger partial charge in [0.15, 0.2) is 0 Å². The lowest BCUT2D eigenvalue weighted by Gasteiger charge is -2.32. The SMILES string of the molecule is C=C1CC2COC(=O)C2(Cc2ccc(OCCCN3CCN(C)CC3)c(Br)c2)C1. The zero-order valence-electron chi connectivity index (χ0n) is 17.3. The number of rotatable bonds is 7. The fraction of sp³-hybridized carbons (Fsp3) is 0.609. The van der Waals surface area contributed by atoms with Crippen LogP contribution in [-0.4, -0.2) is 68.8 Å². The largest absolute Gasteiger partial charge is 0.492 e. The number of hydrogen-bond acceptors (Lipinski definition) is 5. The molecular formula is C23H31BrN2O3. The number of esters is 1. The highest BCUT2D eigenvalue weighted by atomic mass is 79.9. The van der Waals surface area contributed by atoms with Gasteiger partial charge in [-0.15, -0.1) is 0 Å². The molecule has 0 amide bonds. The van der Waals surface area contributed by atoms with Crippen LogP contribution < -0.4 is 4.74 Å². The summed E-state index contributed by atoms with van der Waals surface area (Å²) in [5.74, 6) is 1.08. The number of fused-ring (bicyclic) bond motifs is 1. The third kappa shape index (κ3) is 4.54. The molecule has 0 bridgehead atoms. The Morgan fingerprint density at radius 2 is 2.10 bits per heavy atom. The molecule has 1 aliphatic carbocycles. The Morgan fingerprint density at radius 1 is 1.31 bits per heavy atom. The monoisotopic (exact) mass is 462 g/mol. The second kappa shape index (κ2) is 8.78. The average molecular weight is 463 g/mol. The first-order chi connectivity index (χ1) is 14.0. The van der Waals surface area contributed by atoms with Gasteiger partial charge in [-0.25, -0.2) is 0 Å². The Hall–Kier alpha value is -1.37.